The first-order valence-electron chi connectivity index (χ1n) is 8.07. The molecule has 0 unspecified atom stereocenters. The van der Waals surface area contributed by atoms with Crippen LogP contribution in [0.3, 0.4) is 0 Å². The number of fused-ring (bicyclic) bond motifs is 1. The van der Waals surface area contributed by atoms with E-state index >= 15 is 0 Å². The molecule has 0 aliphatic heterocycles. The molecule has 5 atom stereocenters. The Hall–Kier alpha value is -0.910. The normalized spacial score (nSPS) is 38.9. The van der Waals surface area contributed by atoms with Gasteiger partial charge < -0.3 is 14.3 Å². The molecular weight excluding hydrogens is 364 g/mol. The van der Waals surface area contributed by atoms with Crippen molar-refractivity contribution in [2.24, 2.45) is 28.6 Å². The molecule has 0 spiro atoms. The second-order valence-corrected chi connectivity index (χ2v) is 7.80. The average molecular weight is 389 g/mol. The molecule has 2 saturated carbocycles. The van der Waals surface area contributed by atoms with Crippen molar-refractivity contribution in [3.05, 3.63) is 0 Å². The Labute approximate surface area is 145 Å². The fraction of sp³-hybridized carbons (Fsp3) is 0.824. The number of hydrogen-bond acceptors (Lipinski definition) is 5. The fourth-order valence-electron chi connectivity index (χ4n) is 5.26. The minimum absolute atomic E-state index is 0.0270. The maximum atomic E-state index is 12.6. The van der Waals surface area contributed by atoms with Crippen molar-refractivity contribution in [3.8, 4) is 0 Å². The Balaban J connectivity index is 2.48. The van der Waals surface area contributed by atoms with Gasteiger partial charge in [-0.15, -0.1) is 0 Å². The van der Waals surface area contributed by atoms with Crippen molar-refractivity contribution in [2.75, 3.05) is 19.5 Å². The van der Waals surface area contributed by atoms with Gasteiger partial charge in [-0.05, 0) is 49.9 Å². The standard InChI is InChI=1S/C17H25BrO5/c1-16(15(21)23-3)11(6-7-18)8-17(9-14(20)22-2)12(10-19)4-5-13(16)17/h10-13H,4-9H2,1-3H3/t11-,12+,13+,16-,17-/m0/s1. The lowest BCUT2D eigenvalue weighted by Gasteiger charge is -2.37. The van der Waals surface area contributed by atoms with E-state index in [4.69, 9.17) is 9.47 Å². The number of aldehydes is 1. The van der Waals surface area contributed by atoms with E-state index in [0.29, 0.717) is 6.42 Å². The Kier molecular flexibility index (Phi) is 5.54. The Morgan fingerprint density at radius 1 is 1.26 bits per heavy atom. The van der Waals surface area contributed by atoms with Crippen molar-refractivity contribution in [1.82, 2.24) is 0 Å². The van der Waals surface area contributed by atoms with E-state index in [2.05, 4.69) is 15.9 Å². The van der Waals surface area contributed by atoms with Crippen LogP contribution in [0.4, 0.5) is 0 Å². The molecule has 0 heterocycles. The molecule has 0 radical (unpaired) electrons. The molecule has 2 aliphatic rings. The smallest absolute Gasteiger partial charge is 0.312 e. The van der Waals surface area contributed by atoms with E-state index in [-0.39, 0.29) is 36.1 Å². The Morgan fingerprint density at radius 3 is 2.48 bits per heavy atom. The molecule has 0 aromatic heterocycles. The zero-order valence-corrected chi connectivity index (χ0v) is 15.6. The highest BCUT2D eigenvalue weighted by molar-refractivity contribution is 9.09. The number of alkyl halides is 1. The summed E-state index contributed by atoms with van der Waals surface area (Å²) in [6.45, 7) is 1.95. The van der Waals surface area contributed by atoms with Crippen molar-refractivity contribution in [1.29, 1.82) is 0 Å². The lowest BCUT2D eigenvalue weighted by atomic mass is 9.66. The van der Waals surface area contributed by atoms with Crippen molar-refractivity contribution in [2.45, 2.75) is 39.0 Å². The Morgan fingerprint density at radius 2 is 1.96 bits per heavy atom. The van der Waals surface area contributed by atoms with Gasteiger partial charge in [-0.25, -0.2) is 0 Å². The van der Waals surface area contributed by atoms with Crippen molar-refractivity contribution in [3.63, 3.8) is 0 Å². The number of hydrogen-bond donors (Lipinski definition) is 0. The molecule has 0 amide bonds. The molecule has 0 aromatic carbocycles. The van der Waals surface area contributed by atoms with E-state index in [1.165, 1.54) is 14.2 Å². The van der Waals surface area contributed by atoms with Crippen LogP contribution in [0.5, 0.6) is 0 Å². The summed E-state index contributed by atoms with van der Waals surface area (Å²) in [5.74, 6) is -0.675. The van der Waals surface area contributed by atoms with E-state index in [9.17, 15) is 14.4 Å². The highest BCUT2D eigenvalue weighted by atomic mass is 79.9. The number of carbonyl (C=O) groups is 3. The second kappa shape index (κ2) is 6.91. The molecule has 0 aromatic rings. The quantitative estimate of drug-likeness (QED) is 0.397. The molecular formula is C17H25BrO5. The monoisotopic (exact) mass is 388 g/mol. The van der Waals surface area contributed by atoms with Gasteiger partial charge in [0.1, 0.15) is 6.29 Å². The molecule has 6 heteroatoms. The van der Waals surface area contributed by atoms with E-state index < -0.39 is 10.8 Å². The van der Waals surface area contributed by atoms with Crippen LogP contribution < -0.4 is 0 Å². The molecule has 2 fully saturated rings. The SMILES string of the molecule is COC(=O)C[C@]12C[C@H](CCBr)[C@](C)(C(=O)OC)[C@H]1CC[C@@H]2C=O. The van der Waals surface area contributed by atoms with Gasteiger partial charge in [-0.2, -0.15) is 0 Å². The second-order valence-electron chi connectivity index (χ2n) is 7.01. The van der Waals surface area contributed by atoms with Crippen LogP contribution in [0.15, 0.2) is 0 Å². The number of esters is 2. The summed E-state index contributed by atoms with van der Waals surface area (Å²) in [5, 5.41) is 0.775. The first-order chi connectivity index (χ1) is 10.9. The summed E-state index contributed by atoms with van der Waals surface area (Å²) in [6, 6.07) is 0. The molecule has 2 aliphatic carbocycles. The van der Waals surface area contributed by atoms with E-state index in [1.807, 2.05) is 6.92 Å². The summed E-state index contributed by atoms with van der Waals surface area (Å²) in [5.41, 5.74) is -1.14. The molecule has 130 valence electrons. The van der Waals surface area contributed by atoms with Crippen LogP contribution in [-0.2, 0) is 23.9 Å². The average Bonchev–Trinajstić information content (AvgIpc) is 3.01. The predicted molar refractivity (Wildman–Crippen MR) is 88.0 cm³/mol. The molecule has 0 saturated heterocycles. The minimum Gasteiger partial charge on any atom is -0.469 e. The minimum atomic E-state index is -0.658. The zero-order chi connectivity index (χ0) is 17.3. The fourth-order valence-corrected chi connectivity index (χ4v) is 5.81. The van der Waals surface area contributed by atoms with Gasteiger partial charge in [-0.1, -0.05) is 15.9 Å². The maximum Gasteiger partial charge on any atom is 0.312 e. The summed E-state index contributed by atoms with van der Waals surface area (Å²) >= 11 is 3.46. The summed E-state index contributed by atoms with van der Waals surface area (Å²) in [4.78, 5) is 36.3. The molecule has 23 heavy (non-hydrogen) atoms. The summed E-state index contributed by atoms with van der Waals surface area (Å²) in [6.07, 6.45) is 4.16. The summed E-state index contributed by atoms with van der Waals surface area (Å²) in [7, 11) is 2.77. The maximum absolute atomic E-state index is 12.6. The van der Waals surface area contributed by atoms with Crippen LogP contribution in [0.1, 0.15) is 39.0 Å². The highest BCUT2D eigenvalue weighted by Gasteiger charge is 2.68. The number of rotatable bonds is 6. The lowest BCUT2D eigenvalue weighted by molar-refractivity contribution is -0.159. The third kappa shape index (κ3) is 2.73. The van der Waals surface area contributed by atoms with Gasteiger partial charge in [0.05, 0.1) is 26.1 Å². The van der Waals surface area contributed by atoms with Crippen LogP contribution in [-0.4, -0.2) is 37.8 Å². The third-order valence-corrected chi connectivity index (χ3v) is 6.80. The van der Waals surface area contributed by atoms with Crippen LogP contribution in [0.2, 0.25) is 0 Å². The molecule has 2 rings (SSSR count). The number of halogens is 1. The summed E-state index contributed by atoms with van der Waals surface area (Å²) < 4.78 is 9.99. The van der Waals surface area contributed by atoms with Gasteiger partial charge in [0.2, 0.25) is 0 Å². The Bertz CT molecular complexity index is 493. The highest BCUT2D eigenvalue weighted by Crippen LogP contribution is 2.68. The van der Waals surface area contributed by atoms with E-state index in [0.717, 1.165) is 30.9 Å². The third-order valence-electron chi connectivity index (χ3n) is 6.35. The van der Waals surface area contributed by atoms with Crippen LogP contribution in [0, 0.1) is 28.6 Å². The van der Waals surface area contributed by atoms with Crippen molar-refractivity contribution < 1.29 is 23.9 Å². The number of ether oxygens (including phenoxy) is 2. The first kappa shape index (κ1) is 18.4. The molecule has 5 nitrogen and oxygen atoms in total. The van der Waals surface area contributed by atoms with Gasteiger partial charge >= 0.3 is 11.9 Å². The predicted octanol–water partition coefficient (Wildman–Crippen LogP) is 2.75. The van der Waals surface area contributed by atoms with Gasteiger partial charge in [-0.3, -0.25) is 9.59 Å². The largest absolute Gasteiger partial charge is 0.469 e. The van der Waals surface area contributed by atoms with E-state index in [1.54, 1.807) is 0 Å². The van der Waals surface area contributed by atoms with Gasteiger partial charge in [0, 0.05) is 11.2 Å². The first-order valence-corrected chi connectivity index (χ1v) is 9.19. The lowest BCUT2D eigenvalue weighted by Crippen LogP contribution is -2.41. The van der Waals surface area contributed by atoms with Crippen LogP contribution >= 0.6 is 15.9 Å². The number of methoxy groups -OCH3 is 2. The van der Waals surface area contributed by atoms with Crippen molar-refractivity contribution >= 4 is 34.2 Å². The van der Waals surface area contributed by atoms with Gasteiger partial charge in [0.15, 0.2) is 0 Å². The van der Waals surface area contributed by atoms with Gasteiger partial charge in [0.25, 0.3) is 0 Å². The number of carbonyl (C=O) groups excluding carboxylic acids is 3. The molecule has 0 N–H and O–H groups in total. The topological polar surface area (TPSA) is 69.7 Å². The zero-order valence-electron chi connectivity index (χ0n) is 14.0. The molecule has 0 bridgehead atoms. The van der Waals surface area contributed by atoms with Crippen LogP contribution in [0.25, 0.3) is 0 Å².